The lowest BCUT2D eigenvalue weighted by molar-refractivity contribution is 0.767. The van der Waals surface area contributed by atoms with Gasteiger partial charge in [0, 0.05) is 24.7 Å². The van der Waals surface area contributed by atoms with Gasteiger partial charge in [-0.05, 0) is 11.6 Å². The molecule has 0 radical (unpaired) electrons. The van der Waals surface area contributed by atoms with Gasteiger partial charge in [0.15, 0.2) is 0 Å². The van der Waals surface area contributed by atoms with E-state index < -0.39 is 0 Å². The van der Waals surface area contributed by atoms with E-state index in [0.29, 0.717) is 5.92 Å². The molecule has 0 amide bonds. The van der Waals surface area contributed by atoms with Crippen molar-refractivity contribution in [2.24, 2.45) is 5.73 Å². The highest BCUT2D eigenvalue weighted by molar-refractivity contribution is 5.57. The maximum Gasteiger partial charge on any atom is 0.0376 e. The topological polar surface area (TPSA) is 38.0 Å². The molecule has 2 nitrogen and oxygen atoms in total. The molecule has 0 saturated heterocycles. The third-order valence-corrected chi connectivity index (χ3v) is 2.22. The van der Waals surface area contributed by atoms with Crippen molar-refractivity contribution in [3.8, 4) is 0 Å². The Morgan fingerprint density at radius 2 is 2.27 bits per heavy atom. The van der Waals surface area contributed by atoms with E-state index in [0.717, 1.165) is 13.1 Å². The van der Waals surface area contributed by atoms with Crippen LogP contribution in [0.1, 0.15) is 11.5 Å². The summed E-state index contributed by atoms with van der Waals surface area (Å²) < 4.78 is 0. The molecule has 0 saturated carbocycles. The zero-order valence-corrected chi connectivity index (χ0v) is 6.38. The molecule has 0 aromatic heterocycles. The number of hydrogen-bond donors (Lipinski definition) is 2. The number of rotatable bonds is 1. The van der Waals surface area contributed by atoms with Crippen molar-refractivity contribution in [3.63, 3.8) is 0 Å². The van der Waals surface area contributed by atoms with E-state index in [-0.39, 0.29) is 0 Å². The Morgan fingerprint density at radius 1 is 1.45 bits per heavy atom. The molecule has 2 rings (SSSR count). The first-order valence-electron chi connectivity index (χ1n) is 3.94. The number of hydrogen-bond acceptors (Lipinski definition) is 2. The molecule has 3 N–H and O–H groups in total. The van der Waals surface area contributed by atoms with Crippen LogP contribution in [0.3, 0.4) is 0 Å². The fourth-order valence-electron chi connectivity index (χ4n) is 1.57. The maximum absolute atomic E-state index is 5.61. The van der Waals surface area contributed by atoms with Crippen LogP contribution in [-0.4, -0.2) is 13.1 Å². The normalized spacial score (nSPS) is 21.0. The number of benzene rings is 1. The molecule has 2 heteroatoms. The molecule has 0 fully saturated rings. The van der Waals surface area contributed by atoms with Crippen molar-refractivity contribution in [3.05, 3.63) is 29.8 Å². The van der Waals surface area contributed by atoms with Crippen LogP contribution in [0.5, 0.6) is 0 Å². The van der Waals surface area contributed by atoms with Crippen molar-refractivity contribution in [2.75, 3.05) is 18.4 Å². The quantitative estimate of drug-likeness (QED) is 0.627. The van der Waals surface area contributed by atoms with Gasteiger partial charge in [0.25, 0.3) is 0 Å². The number of anilines is 1. The van der Waals surface area contributed by atoms with Crippen LogP contribution in [0.25, 0.3) is 0 Å². The highest BCUT2D eigenvalue weighted by Gasteiger charge is 2.18. The van der Waals surface area contributed by atoms with Crippen molar-refractivity contribution in [1.82, 2.24) is 0 Å². The van der Waals surface area contributed by atoms with Crippen LogP contribution in [0.2, 0.25) is 0 Å². The van der Waals surface area contributed by atoms with Crippen LogP contribution < -0.4 is 11.1 Å². The minimum absolute atomic E-state index is 0.520. The van der Waals surface area contributed by atoms with Gasteiger partial charge in [-0.15, -0.1) is 0 Å². The monoisotopic (exact) mass is 148 g/mol. The summed E-state index contributed by atoms with van der Waals surface area (Å²) in [6, 6.07) is 8.36. The lowest BCUT2D eigenvalue weighted by Gasteiger charge is -2.04. The van der Waals surface area contributed by atoms with Gasteiger partial charge >= 0.3 is 0 Å². The molecule has 1 atom stereocenters. The average molecular weight is 148 g/mol. The summed E-state index contributed by atoms with van der Waals surface area (Å²) in [6.45, 7) is 1.74. The largest absolute Gasteiger partial charge is 0.384 e. The zero-order valence-electron chi connectivity index (χ0n) is 6.38. The van der Waals surface area contributed by atoms with Crippen molar-refractivity contribution < 1.29 is 0 Å². The van der Waals surface area contributed by atoms with Crippen molar-refractivity contribution in [2.45, 2.75) is 5.92 Å². The molecule has 1 heterocycles. The Balaban J connectivity index is 2.39. The Kier molecular flexibility index (Phi) is 1.55. The molecule has 1 aliphatic rings. The maximum atomic E-state index is 5.61. The lowest BCUT2D eigenvalue weighted by Crippen LogP contribution is -2.13. The van der Waals surface area contributed by atoms with E-state index in [1.807, 2.05) is 6.07 Å². The van der Waals surface area contributed by atoms with E-state index >= 15 is 0 Å². The highest BCUT2D eigenvalue weighted by Crippen LogP contribution is 2.29. The van der Waals surface area contributed by atoms with Gasteiger partial charge in [0.05, 0.1) is 0 Å². The molecular formula is C9H12N2. The fourth-order valence-corrected chi connectivity index (χ4v) is 1.57. The Morgan fingerprint density at radius 3 is 3.09 bits per heavy atom. The summed E-state index contributed by atoms with van der Waals surface area (Å²) in [5, 5.41) is 3.32. The summed E-state index contributed by atoms with van der Waals surface area (Å²) >= 11 is 0. The SMILES string of the molecule is NC[C@@H]1CNc2ccccc21. The minimum Gasteiger partial charge on any atom is -0.384 e. The Bertz CT molecular complexity index is 257. The molecular weight excluding hydrogens is 136 g/mol. The molecule has 0 aliphatic carbocycles. The smallest absolute Gasteiger partial charge is 0.0376 e. The predicted molar refractivity (Wildman–Crippen MR) is 46.7 cm³/mol. The van der Waals surface area contributed by atoms with E-state index in [9.17, 15) is 0 Å². The van der Waals surface area contributed by atoms with E-state index in [1.165, 1.54) is 11.3 Å². The summed E-state index contributed by atoms with van der Waals surface area (Å²) in [5.74, 6) is 0.520. The Labute approximate surface area is 66.4 Å². The van der Waals surface area contributed by atoms with Crippen LogP contribution >= 0.6 is 0 Å². The highest BCUT2D eigenvalue weighted by atomic mass is 14.9. The third-order valence-electron chi connectivity index (χ3n) is 2.22. The van der Waals surface area contributed by atoms with Gasteiger partial charge in [-0.25, -0.2) is 0 Å². The number of para-hydroxylation sites is 1. The summed E-state index contributed by atoms with van der Waals surface area (Å²) in [7, 11) is 0. The van der Waals surface area contributed by atoms with E-state index in [1.54, 1.807) is 0 Å². The lowest BCUT2D eigenvalue weighted by atomic mass is 10.0. The molecule has 1 aliphatic heterocycles. The van der Waals surface area contributed by atoms with Crippen molar-refractivity contribution in [1.29, 1.82) is 0 Å². The molecule has 1 aromatic carbocycles. The van der Waals surface area contributed by atoms with Gasteiger partial charge in [0.2, 0.25) is 0 Å². The van der Waals surface area contributed by atoms with Gasteiger partial charge in [-0.3, -0.25) is 0 Å². The summed E-state index contributed by atoms with van der Waals surface area (Å²) in [5.41, 5.74) is 8.23. The van der Waals surface area contributed by atoms with Crippen LogP contribution in [0.4, 0.5) is 5.69 Å². The molecule has 1 aromatic rings. The first-order chi connectivity index (χ1) is 5.42. The fraction of sp³-hybridized carbons (Fsp3) is 0.333. The first kappa shape index (κ1) is 6.68. The van der Waals surface area contributed by atoms with Crippen LogP contribution in [-0.2, 0) is 0 Å². The average Bonchev–Trinajstić information content (AvgIpc) is 2.47. The summed E-state index contributed by atoms with van der Waals surface area (Å²) in [6.07, 6.45) is 0. The number of fused-ring (bicyclic) bond motifs is 1. The number of nitrogens with two attached hydrogens (primary N) is 1. The predicted octanol–water partition coefficient (Wildman–Crippen LogP) is 1.15. The molecule has 0 bridgehead atoms. The first-order valence-corrected chi connectivity index (χ1v) is 3.94. The zero-order chi connectivity index (χ0) is 7.68. The molecule has 11 heavy (non-hydrogen) atoms. The minimum atomic E-state index is 0.520. The molecule has 0 spiro atoms. The molecule has 0 unspecified atom stereocenters. The van der Waals surface area contributed by atoms with Crippen LogP contribution in [0.15, 0.2) is 24.3 Å². The van der Waals surface area contributed by atoms with E-state index in [4.69, 9.17) is 5.73 Å². The van der Waals surface area contributed by atoms with Crippen molar-refractivity contribution >= 4 is 5.69 Å². The molecule has 58 valence electrons. The summed E-state index contributed by atoms with van der Waals surface area (Å²) in [4.78, 5) is 0. The van der Waals surface area contributed by atoms with Gasteiger partial charge in [0.1, 0.15) is 0 Å². The second-order valence-electron chi connectivity index (χ2n) is 2.90. The van der Waals surface area contributed by atoms with Crippen LogP contribution in [0, 0.1) is 0 Å². The second kappa shape index (κ2) is 2.55. The van der Waals surface area contributed by atoms with E-state index in [2.05, 4.69) is 23.5 Å². The Hall–Kier alpha value is -1.02. The third kappa shape index (κ3) is 0.994. The second-order valence-corrected chi connectivity index (χ2v) is 2.90. The van der Waals surface area contributed by atoms with Gasteiger partial charge in [-0.2, -0.15) is 0 Å². The van der Waals surface area contributed by atoms with Gasteiger partial charge < -0.3 is 11.1 Å². The number of nitrogens with one attached hydrogen (secondary N) is 1. The van der Waals surface area contributed by atoms with Gasteiger partial charge in [-0.1, -0.05) is 18.2 Å². The standard InChI is InChI=1S/C9H12N2/c10-5-7-6-11-9-4-2-1-3-8(7)9/h1-4,7,11H,5-6,10H2/t7-/m1/s1.